The molecule has 3 nitrogen and oxygen atoms in total. The Labute approximate surface area is 371 Å². The van der Waals surface area contributed by atoms with Gasteiger partial charge in [0.05, 0.1) is 0 Å². The van der Waals surface area contributed by atoms with Crippen LogP contribution in [-0.2, 0) is 0 Å². The Morgan fingerprint density at radius 3 is 0.611 bits per heavy atom. The highest BCUT2D eigenvalue weighted by atomic mass is 32.1. The second kappa shape index (κ2) is 34.8. The molecule has 0 aromatic rings. The Morgan fingerprint density at radius 1 is 0.296 bits per heavy atom. The summed E-state index contributed by atoms with van der Waals surface area (Å²) in [6.07, 6.45) is 11.1. The molecule has 3 heterocycles. The van der Waals surface area contributed by atoms with Gasteiger partial charge in [0.1, 0.15) is 0 Å². The molecule has 0 aliphatic carbocycles. The third-order valence-electron chi connectivity index (χ3n) is 9.84. The molecule has 0 saturated carbocycles. The number of hydrogen-bond donors (Lipinski definition) is 0. The highest BCUT2D eigenvalue weighted by molar-refractivity contribution is 7.59. The average molecular weight is 835 g/mol. The Bertz CT molecular complexity index is 651. The van der Waals surface area contributed by atoms with Crippen molar-refractivity contribution in [1.82, 2.24) is 14.7 Å². The lowest BCUT2D eigenvalue weighted by molar-refractivity contribution is -0.00416. The maximum Gasteiger partial charge on any atom is 0.0149 e. The zero-order chi connectivity index (χ0) is 38.2. The minimum atomic E-state index is 0. The topological polar surface area (TPSA) is 9.72 Å². The smallest absolute Gasteiger partial charge is 0.0149 e. The summed E-state index contributed by atoms with van der Waals surface area (Å²) in [7, 11) is 0. The Kier molecular flexibility index (Phi) is 50.9. The molecule has 3 aliphatic heterocycles. The van der Waals surface area contributed by atoms with E-state index in [1.807, 2.05) is 41.5 Å². The van der Waals surface area contributed by atoms with Crippen LogP contribution in [0, 0.1) is 16.2 Å². The maximum atomic E-state index is 2.70. The van der Waals surface area contributed by atoms with Crippen molar-refractivity contribution in [2.75, 3.05) is 19.6 Å². The first kappa shape index (κ1) is 79.1. The molecule has 6 heteroatoms. The molecule has 0 amide bonds. The minimum absolute atomic E-state index is 0. The van der Waals surface area contributed by atoms with Crippen molar-refractivity contribution < 1.29 is 0 Å². The van der Waals surface area contributed by atoms with Crippen molar-refractivity contribution in [3.05, 3.63) is 0 Å². The molecule has 3 aliphatic rings. The summed E-state index contributed by atoms with van der Waals surface area (Å²) in [5, 5.41) is 0. The molecule has 0 aromatic carbocycles. The van der Waals surface area contributed by atoms with Gasteiger partial charge in [-0.25, -0.2) is 0 Å². The zero-order valence-corrected chi connectivity index (χ0v) is 42.4. The van der Waals surface area contributed by atoms with Crippen LogP contribution in [0.5, 0.6) is 0 Å². The summed E-state index contributed by atoms with van der Waals surface area (Å²) < 4.78 is 0. The molecule has 0 spiro atoms. The molecule has 3 unspecified atom stereocenters. The van der Waals surface area contributed by atoms with E-state index in [0.29, 0.717) is 32.9 Å². The lowest BCUT2D eigenvalue weighted by atomic mass is 9.78. The van der Waals surface area contributed by atoms with Crippen LogP contribution < -0.4 is 0 Å². The third-order valence-corrected chi connectivity index (χ3v) is 9.84. The van der Waals surface area contributed by atoms with Gasteiger partial charge in [-0.15, -0.1) is 0 Å². The lowest BCUT2D eigenvalue weighted by Gasteiger charge is -2.50. The summed E-state index contributed by atoms with van der Waals surface area (Å²) in [4.78, 5) is 8.08. The first-order chi connectivity index (χ1) is 21.2. The monoisotopic (exact) mass is 834 g/mol. The molecule has 0 bridgehead atoms. The lowest BCUT2D eigenvalue weighted by Crippen LogP contribution is -2.55. The van der Waals surface area contributed by atoms with Crippen molar-refractivity contribution in [2.24, 2.45) is 16.2 Å². The van der Waals surface area contributed by atoms with Gasteiger partial charge >= 0.3 is 0 Å². The van der Waals surface area contributed by atoms with E-state index in [4.69, 9.17) is 0 Å². The molecular formula is C48H119N3S3. The van der Waals surface area contributed by atoms with Crippen LogP contribution in [0.4, 0.5) is 0 Å². The van der Waals surface area contributed by atoms with Gasteiger partial charge in [-0.05, 0) is 137 Å². The van der Waals surface area contributed by atoms with E-state index in [1.54, 1.807) is 0 Å². The Hall–Kier alpha value is 0.930. The van der Waals surface area contributed by atoms with Gasteiger partial charge in [0.2, 0.25) is 0 Å². The molecule has 3 saturated heterocycles. The standard InChI is InChI=1S/2C13H27N.C12H25N.3C2H6.4CH4.3H2S/c2*1-12(2,3)11-9-7-8-10-14(11)13(4,5)6;1-11(2,3)10-8-7-9-13(10)12(4,5)6;3*1-2;;;;;;;/h2*11H,7-10H2,1-6H3;10H,7-9H2,1-6H3;3*1-2H3;4*1H4;3*1H2. The summed E-state index contributed by atoms with van der Waals surface area (Å²) in [6.45, 7) is 58.3. The molecule has 0 radical (unpaired) electrons. The van der Waals surface area contributed by atoms with Crippen molar-refractivity contribution in [2.45, 2.75) is 282 Å². The summed E-state index contributed by atoms with van der Waals surface area (Å²) in [5.41, 5.74) is 2.29. The highest BCUT2D eigenvalue weighted by Crippen LogP contribution is 2.38. The molecule has 3 rings (SSSR count). The van der Waals surface area contributed by atoms with Crippen LogP contribution in [0.3, 0.4) is 0 Å². The second-order valence-electron chi connectivity index (χ2n) is 19.9. The molecular weight excluding hydrogens is 715 g/mol. The Balaban J connectivity index is -0.0000000591. The molecule has 0 N–H and O–H groups in total. The number of likely N-dealkylation sites (tertiary alicyclic amines) is 3. The SMILES string of the molecule is C.C.C.C.CC.CC.CC.CC(C)(C)C1CCCCN1C(C)(C)C.CC(C)(C)C1CCCCN1C(C)(C)C.CC(C)(C)C1CCCN1C(C)(C)C.S.S.S. The number of rotatable bonds is 0. The fourth-order valence-electron chi connectivity index (χ4n) is 7.74. The predicted molar refractivity (Wildman–Crippen MR) is 278 cm³/mol. The van der Waals surface area contributed by atoms with Gasteiger partial charge in [-0.2, -0.15) is 40.5 Å². The second-order valence-corrected chi connectivity index (χ2v) is 19.9. The van der Waals surface area contributed by atoms with Gasteiger partial charge in [0.25, 0.3) is 0 Å². The van der Waals surface area contributed by atoms with Gasteiger partial charge in [0.15, 0.2) is 0 Å². The van der Waals surface area contributed by atoms with Gasteiger partial charge in [-0.1, -0.05) is 146 Å². The van der Waals surface area contributed by atoms with E-state index in [0.717, 1.165) is 18.1 Å². The summed E-state index contributed by atoms with van der Waals surface area (Å²) >= 11 is 0. The van der Waals surface area contributed by atoms with E-state index in [9.17, 15) is 0 Å². The predicted octanol–water partition coefficient (Wildman–Crippen LogP) is 16.6. The van der Waals surface area contributed by atoms with Crippen molar-refractivity contribution in [1.29, 1.82) is 0 Å². The minimum Gasteiger partial charge on any atom is -0.295 e. The molecule has 54 heavy (non-hydrogen) atoms. The largest absolute Gasteiger partial charge is 0.295 e. The van der Waals surface area contributed by atoms with Crippen LogP contribution >= 0.6 is 40.5 Å². The Morgan fingerprint density at radius 2 is 0.463 bits per heavy atom. The van der Waals surface area contributed by atoms with E-state index in [2.05, 4.69) is 139 Å². The average Bonchev–Trinajstić information content (AvgIpc) is 3.48. The first-order valence-electron chi connectivity index (χ1n) is 20.5. The normalized spacial score (nSPS) is 20.6. The molecule has 0 aromatic heterocycles. The zero-order valence-electron chi connectivity index (χ0n) is 39.4. The summed E-state index contributed by atoms with van der Waals surface area (Å²) in [5.74, 6) is 0. The number of nitrogens with zero attached hydrogens (tertiary/aromatic N) is 3. The van der Waals surface area contributed by atoms with Gasteiger partial charge in [-0.3, -0.25) is 14.7 Å². The molecule has 3 atom stereocenters. The fourth-order valence-corrected chi connectivity index (χ4v) is 7.74. The van der Waals surface area contributed by atoms with Crippen LogP contribution in [-0.4, -0.2) is 69.1 Å². The van der Waals surface area contributed by atoms with E-state index < -0.39 is 0 Å². The van der Waals surface area contributed by atoms with Crippen LogP contribution in [0.15, 0.2) is 0 Å². The van der Waals surface area contributed by atoms with Crippen LogP contribution in [0.1, 0.15) is 247 Å². The van der Waals surface area contributed by atoms with Crippen molar-refractivity contribution in [3.63, 3.8) is 0 Å². The van der Waals surface area contributed by atoms with E-state index in [1.165, 1.54) is 71.0 Å². The third kappa shape index (κ3) is 30.0. The van der Waals surface area contributed by atoms with E-state index in [-0.39, 0.29) is 70.2 Å². The van der Waals surface area contributed by atoms with Crippen molar-refractivity contribution in [3.8, 4) is 0 Å². The van der Waals surface area contributed by atoms with E-state index >= 15 is 0 Å². The fraction of sp³-hybridized carbons (Fsp3) is 1.00. The quantitative estimate of drug-likeness (QED) is 0.241. The first-order valence-corrected chi connectivity index (χ1v) is 20.5. The van der Waals surface area contributed by atoms with Crippen molar-refractivity contribution >= 4 is 40.5 Å². The van der Waals surface area contributed by atoms with Gasteiger partial charge < -0.3 is 0 Å². The van der Waals surface area contributed by atoms with Crippen LogP contribution in [0.2, 0.25) is 0 Å². The molecule has 344 valence electrons. The van der Waals surface area contributed by atoms with Crippen LogP contribution in [0.25, 0.3) is 0 Å². The number of hydrogen-bond acceptors (Lipinski definition) is 3. The van der Waals surface area contributed by atoms with Gasteiger partial charge in [0, 0.05) is 34.7 Å². The molecule has 3 fully saturated rings. The highest BCUT2D eigenvalue weighted by Gasteiger charge is 2.40. The maximum absolute atomic E-state index is 2.70. The number of piperidine rings is 2. The summed E-state index contributed by atoms with van der Waals surface area (Å²) in [6, 6.07) is 2.29.